The number of hydrogen-bond donors (Lipinski definition) is 0. The maximum Gasteiger partial charge on any atom is 0.339 e. The normalized spacial score (nSPS) is 9.50. The molecule has 0 spiro atoms. The molecule has 1 aromatic rings. The van der Waals surface area contributed by atoms with E-state index in [1.807, 2.05) is 0 Å². The van der Waals surface area contributed by atoms with E-state index < -0.39 is 0 Å². The molecule has 0 saturated carbocycles. The van der Waals surface area contributed by atoms with E-state index in [4.69, 9.17) is 0 Å². The van der Waals surface area contributed by atoms with Gasteiger partial charge in [0.15, 0.2) is 0 Å². The molecule has 0 N–H and O–H groups in total. The minimum absolute atomic E-state index is 0.349. The van der Waals surface area contributed by atoms with Gasteiger partial charge < -0.3 is 4.74 Å². The molecule has 0 aliphatic carbocycles. The molecule has 0 bridgehead atoms. The van der Waals surface area contributed by atoms with Crippen molar-refractivity contribution in [2.45, 2.75) is 5.33 Å². The van der Waals surface area contributed by atoms with E-state index >= 15 is 0 Å². The van der Waals surface area contributed by atoms with Gasteiger partial charge in [0.05, 0.1) is 18.4 Å². The number of ether oxygens (including phenoxy) is 1. The van der Waals surface area contributed by atoms with E-state index in [1.165, 1.54) is 7.11 Å². The van der Waals surface area contributed by atoms with Crippen molar-refractivity contribution in [1.29, 1.82) is 0 Å². The molecule has 0 aromatic carbocycles. The van der Waals surface area contributed by atoms with E-state index in [9.17, 15) is 4.79 Å². The second kappa shape index (κ2) is 4.21. The Morgan fingerprint density at radius 1 is 1.75 bits per heavy atom. The molecule has 64 valence electrons. The van der Waals surface area contributed by atoms with Crippen LogP contribution in [0.1, 0.15) is 16.1 Å². The highest BCUT2D eigenvalue weighted by Crippen LogP contribution is 2.09. The summed E-state index contributed by atoms with van der Waals surface area (Å²) in [7, 11) is 1.35. The smallest absolute Gasteiger partial charge is 0.339 e. The first-order valence-electron chi connectivity index (χ1n) is 3.37. The highest BCUT2D eigenvalue weighted by Gasteiger charge is 2.10. The topological polar surface area (TPSA) is 39.2 Å². The highest BCUT2D eigenvalue weighted by molar-refractivity contribution is 9.08. The van der Waals surface area contributed by atoms with Gasteiger partial charge in [0, 0.05) is 11.5 Å². The lowest BCUT2D eigenvalue weighted by Crippen LogP contribution is -2.05. The molecule has 0 fully saturated rings. The molecule has 12 heavy (non-hydrogen) atoms. The highest BCUT2D eigenvalue weighted by atomic mass is 79.9. The molecule has 1 heterocycles. The van der Waals surface area contributed by atoms with Crippen LogP contribution in [0.2, 0.25) is 0 Å². The van der Waals surface area contributed by atoms with E-state index in [-0.39, 0.29) is 5.97 Å². The predicted molar refractivity (Wildman–Crippen MR) is 48.2 cm³/mol. The molecule has 0 atom stereocenters. The van der Waals surface area contributed by atoms with E-state index in [0.717, 1.165) is 0 Å². The monoisotopic (exact) mass is 229 g/mol. The Bertz CT molecular complexity index is 288. The van der Waals surface area contributed by atoms with Crippen molar-refractivity contribution in [1.82, 2.24) is 4.98 Å². The molecule has 4 heteroatoms. The molecule has 0 aliphatic heterocycles. The van der Waals surface area contributed by atoms with Gasteiger partial charge in [-0.3, -0.25) is 4.98 Å². The van der Waals surface area contributed by atoms with Crippen LogP contribution in [0, 0.1) is 0 Å². The van der Waals surface area contributed by atoms with Gasteiger partial charge in [0.2, 0.25) is 0 Å². The number of pyridine rings is 1. The predicted octanol–water partition coefficient (Wildman–Crippen LogP) is 1.76. The van der Waals surface area contributed by atoms with Crippen molar-refractivity contribution in [3.63, 3.8) is 0 Å². The zero-order chi connectivity index (χ0) is 8.97. The van der Waals surface area contributed by atoms with Gasteiger partial charge in [-0.2, -0.15) is 0 Å². The fraction of sp³-hybridized carbons (Fsp3) is 0.250. The van der Waals surface area contributed by atoms with Crippen LogP contribution in [0.5, 0.6) is 0 Å². The Hall–Kier alpha value is -0.900. The summed E-state index contributed by atoms with van der Waals surface area (Å²) in [5, 5.41) is 0.554. The van der Waals surface area contributed by atoms with Gasteiger partial charge in [0.1, 0.15) is 0 Å². The fourth-order valence-corrected chi connectivity index (χ4v) is 1.29. The first-order valence-corrected chi connectivity index (χ1v) is 4.50. The van der Waals surface area contributed by atoms with Gasteiger partial charge in [-0.1, -0.05) is 15.9 Å². The minimum atomic E-state index is -0.349. The van der Waals surface area contributed by atoms with E-state index in [1.54, 1.807) is 18.3 Å². The lowest BCUT2D eigenvalue weighted by molar-refractivity contribution is 0.0599. The number of carbonyl (C=O) groups is 1. The molecule has 1 aromatic heterocycles. The molecule has 3 nitrogen and oxygen atoms in total. The third kappa shape index (κ3) is 1.82. The number of nitrogens with zero attached hydrogens (tertiary/aromatic N) is 1. The maximum atomic E-state index is 11.1. The van der Waals surface area contributed by atoms with Crippen LogP contribution in [0.15, 0.2) is 18.3 Å². The molecule has 0 amide bonds. The summed E-state index contributed by atoms with van der Waals surface area (Å²) in [6, 6.07) is 3.40. The van der Waals surface area contributed by atoms with Crippen molar-refractivity contribution in [3.8, 4) is 0 Å². The fourth-order valence-electron chi connectivity index (χ4n) is 0.840. The van der Waals surface area contributed by atoms with Crippen LogP contribution in [-0.2, 0) is 10.1 Å². The quantitative estimate of drug-likeness (QED) is 0.574. The average Bonchev–Trinajstić information content (AvgIpc) is 2.16. The van der Waals surface area contributed by atoms with Gasteiger partial charge in [-0.05, 0) is 12.1 Å². The van der Waals surface area contributed by atoms with Crippen molar-refractivity contribution in [3.05, 3.63) is 29.6 Å². The number of hydrogen-bond acceptors (Lipinski definition) is 3. The van der Waals surface area contributed by atoms with E-state index in [0.29, 0.717) is 16.6 Å². The summed E-state index contributed by atoms with van der Waals surface area (Å²) in [4.78, 5) is 15.1. The largest absolute Gasteiger partial charge is 0.465 e. The van der Waals surface area contributed by atoms with Crippen LogP contribution in [0.3, 0.4) is 0 Å². The minimum Gasteiger partial charge on any atom is -0.465 e. The maximum absolute atomic E-state index is 11.1. The molecule has 0 saturated heterocycles. The Labute approximate surface area is 78.9 Å². The van der Waals surface area contributed by atoms with E-state index in [2.05, 4.69) is 25.7 Å². The average molecular weight is 230 g/mol. The zero-order valence-electron chi connectivity index (χ0n) is 6.58. The summed E-state index contributed by atoms with van der Waals surface area (Å²) >= 11 is 3.24. The third-order valence-corrected chi connectivity index (χ3v) is 1.95. The van der Waals surface area contributed by atoms with Crippen LogP contribution in [0.4, 0.5) is 0 Å². The molecular formula is C8H8BrNO2. The molecule has 0 aliphatic rings. The van der Waals surface area contributed by atoms with Crippen LogP contribution < -0.4 is 0 Å². The Morgan fingerprint density at radius 3 is 3.08 bits per heavy atom. The van der Waals surface area contributed by atoms with Crippen LogP contribution in [-0.4, -0.2) is 18.1 Å². The summed E-state index contributed by atoms with van der Waals surface area (Å²) in [6.45, 7) is 0. The summed E-state index contributed by atoms with van der Waals surface area (Å²) in [6.07, 6.45) is 1.64. The number of alkyl halides is 1. The van der Waals surface area contributed by atoms with Gasteiger partial charge >= 0.3 is 5.97 Å². The zero-order valence-corrected chi connectivity index (χ0v) is 8.17. The summed E-state index contributed by atoms with van der Waals surface area (Å²) in [5.41, 5.74) is 1.21. The number of esters is 1. The number of methoxy groups -OCH3 is 1. The first-order chi connectivity index (χ1) is 5.79. The van der Waals surface area contributed by atoms with Crippen LogP contribution >= 0.6 is 15.9 Å². The van der Waals surface area contributed by atoms with Gasteiger partial charge in [-0.15, -0.1) is 0 Å². The molecule has 1 rings (SSSR count). The lowest BCUT2D eigenvalue weighted by atomic mass is 10.2. The second-order valence-electron chi connectivity index (χ2n) is 2.12. The molecular weight excluding hydrogens is 222 g/mol. The van der Waals surface area contributed by atoms with Gasteiger partial charge in [0.25, 0.3) is 0 Å². The Balaban J connectivity index is 3.04. The number of aromatic nitrogens is 1. The number of halogens is 1. The van der Waals surface area contributed by atoms with Crippen LogP contribution in [0.25, 0.3) is 0 Å². The standard InChI is InChI=1S/C8H8BrNO2/c1-12-8(11)6-3-2-4-10-7(6)5-9/h2-4H,5H2,1H3. The number of rotatable bonds is 2. The third-order valence-electron chi connectivity index (χ3n) is 1.42. The van der Waals surface area contributed by atoms with Gasteiger partial charge in [-0.25, -0.2) is 4.79 Å². The second-order valence-corrected chi connectivity index (χ2v) is 2.68. The SMILES string of the molecule is COC(=O)c1cccnc1CBr. The summed E-state index contributed by atoms with van der Waals surface area (Å²) in [5.74, 6) is -0.349. The Kier molecular flexibility index (Phi) is 3.22. The van der Waals surface area contributed by atoms with Crippen molar-refractivity contribution in [2.75, 3.05) is 7.11 Å². The van der Waals surface area contributed by atoms with Crippen molar-refractivity contribution < 1.29 is 9.53 Å². The van der Waals surface area contributed by atoms with Crippen molar-refractivity contribution in [2.24, 2.45) is 0 Å². The lowest BCUT2D eigenvalue weighted by Gasteiger charge is -2.02. The van der Waals surface area contributed by atoms with Crippen molar-refractivity contribution >= 4 is 21.9 Å². The molecule has 0 unspecified atom stereocenters. The molecule has 0 radical (unpaired) electrons. The summed E-state index contributed by atoms with van der Waals surface area (Å²) < 4.78 is 4.58. The first kappa shape index (κ1) is 9.19. The number of carbonyl (C=O) groups excluding carboxylic acids is 1. The Morgan fingerprint density at radius 2 is 2.50 bits per heavy atom.